The average molecular weight is 330 g/mol. The van der Waals surface area contributed by atoms with Crippen LogP contribution in [0.2, 0.25) is 5.02 Å². The second kappa shape index (κ2) is 6.30. The van der Waals surface area contributed by atoms with E-state index in [-0.39, 0.29) is 18.3 Å². The Morgan fingerprint density at radius 2 is 2.10 bits per heavy atom. The molecule has 1 aromatic heterocycles. The summed E-state index contributed by atoms with van der Waals surface area (Å²) in [5, 5.41) is 13.9. The molecule has 2 N–H and O–H groups in total. The summed E-state index contributed by atoms with van der Waals surface area (Å²) in [6.45, 7) is 3.90. The topological polar surface area (TPSA) is 49.3 Å². The standard InChI is InChI=1S/C15H17ClFNO2S/c1-3-15(20,4-2)8-18-14(19)13-12(16)10-6-5-9(17)7-11(10)21-13/h5-7,20H,3-4,8H2,1-2H3,(H,18,19). The predicted molar refractivity (Wildman–Crippen MR) is 84.7 cm³/mol. The molecule has 0 spiro atoms. The molecule has 6 heteroatoms. The van der Waals surface area contributed by atoms with Gasteiger partial charge in [0.1, 0.15) is 10.7 Å². The van der Waals surface area contributed by atoms with E-state index < -0.39 is 5.60 Å². The molecular weight excluding hydrogens is 313 g/mol. The summed E-state index contributed by atoms with van der Waals surface area (Å²) >= 11 is 7.33. The molecule has 1 amide bonds. The van der Waals surface area contributed by atoms with Gasteiger partial charge >= 0.3 is 0 Å². The van der Waals surface area contributed by atoms with E-state index in [4.69, 9.17) is 11.6 Å². The fraction of sp³-hybridized carbons (Fsp3) is 0.400. The number of carbonyl (C=O) groups is 1. The van der Waals surface area contributed by atoms with E-state index in [9.17, 15) is 14.3 Å². The molecule has 0 aliphatic carbocycles. The molecule has 0 atom stereocenters. The molecule has 0 aliphatic heterocycles. The van der Waals surface area contributed by atoms with Gasteiger partial charge in [-0.15, -0.1) is 11.3 Å². The van der Waals surface area contributed by atoms with Crippen molar-refractivity contribution in [2.45, 2.75) is 32.3 Å². The maximum absolute atomic E-state index is 13.2. The molecule has 114 valence electrons. The average Bonchev–Trinajstić information content (AvgIpc) is 2.81. The van der Waals surface area contributed by atoms with Crippen LogP contribution in [0.25, 0.3) is 10.1 Å². The lowest BCUT2D eigenvalue weighted by Crippen LogP contribution is -2.41. The molecule has 0 saturated carbocycles. The van der Waals surface area contributed by atoms with E-state index in [1.807, 2.05) is 13.8 Å². The van der Waals surface area contributed by atoms with Gasteiger partial charge in [-0.05, 0) is 31.0 Å². The van der Waals surface area contributed by atoms with Crippen LogP contribution in [0.3, 0.4) is 0 Å². The number of hydrogen-bond donors (Lipinski definition) is 2. The summed E-state index contributed by atoms with van der Waals surface area (Å²) in [4.78, 5) is 12.5. The number of fused-ring (bicyclic) bond motifs is 1. The van der Waals surface area contributed by atoms with Crippen LogP contribution >= 0.6 is 22.9 Å². The van der Waals surface area contributed by atoms with Crippen molar-refractivity contribution in [2.75, 3.05) is 6.54 Å². The second-order valence-electron chi connectivity index (χ2n) is 5.00. The van der Waals surface area contributed by atoms with Crippen LogP contribution in [-0.2, 0) is 0 Å². The summed E-state index contributed by atoms with van der Waals surface area (Å²) in [6, 6.07) is 4.24. The molecule has 1 heterocycles. The highest BCUT2D eigenvalue weighted by atomic mass is 35.5. The minimum atomic E-state index is -0.912. The molecule has 0 fully saturated rings. The van der Waals surface area contributed by atoms with Crippen molar-refractivity contribution in [3.8, 4) is 0 Å². The Balaban J connectivity index is 2.22. The highest BCUT2D eigenvalue weighted by Gasteiger charge is 2.24. The molecule has 0 aliphatic rings. The number of halogens is 2. The second-order valence-corrected chi connectivity index (χ2v) is 6.43. The van der Waals surface area contributed by atoms with Gasteiger partial charge in [0.2, 0.25) is 0 Å². The molecular formula is C15H17ClFNO2S. The van der Waals surface area contributed by atoms with Crippen molar-refractivity contribution in [2.24, 2.45) is 0 Å². The van der Waals surface area contributed by atoms with Crippen LogP contribution in [0.1, 0.15) is 36.4 Å². The van der Waals surface area contributed by atoms with E-state index in [1.165, 1.54) is 12.1 Å². The van der Waals surface area contributed by atoms with Crippen molar-refractivity contribution in [1.82, 2.24) is 5.32 Å². The van der Waals surface area contributed by atoms with Gasteiger partial charge in [0, 0.05) is 16.6 Å². The van der Waals surface area contributed by atoms with Crippen molar-refractivity contribution in [3.63, 3.8) is 0 Å². The third kappa shape index (κ3) is 3.36. The Labute approximate surface area is 131 Å². The molecule has 21 heavy (non-hydrogen) atoms. The lowest BCUT2D eigenvalue weighted by atomic mass is 9.98. The van der Waals surface area contributed by atoms with Gasteiger partial charge in [-0.2, -0.15) is 0 Å². The number of nitrogens with one attached hydrogen (secondary N) is 1. The van der Waals surface area contributed by atoms with E-state index in [1.54, 1.807) is 6.07 Å². The zero-order valence-electron chi connectivity index (χ0n) is 11.9. The number of amides is 1. The zero-order chi connectivity index (χ0) is 15.6. The van der Waals surface area contributed by atoms with E-state index >= 15 is 0 Å². The summed E-state index contributed by atoms with van der Waals surface area (Å²) < 4.78 is 13.8. The highest BCUT2D eigenvalue weighted by Crippen LogP contribution is 2.35. The van der Waals surface area contributed by atoms with Crippen LogP contribution in [0.15, 0.2) is 18.2 Å². The lowest BCUT2D eigenvalue weighted by Gasteiger charge is -2.25. The van der Waals surface area contributed by atoms with E-state index in [0.717, 1.165) is 11.3 Å². The Hall–Kier alpha value is -1.17. The van der Waals surface area contributed by atoms with Gasteiger partial charge in [0.15, 0.2) is 0 Å². The fourth-order valence-corrected chi connectivity index (χ4v) is 3.47. The van der Waals surface area contributed by atoms with Gasteiger partial charge in [-0.1, -0.05) is 25.4 Å². The molecule has 2 rings (SSSR count). The Bertz CT molecular complexity index is 667. The Morgan fingerprint density at radius 1 is 1.43 bits per heavy atom. The smallest absolute Gasteiger partial charge is 0.263 e. The monoisotopic (exact) mass is 329 g/mol. The van der Waals surface area contributed by atoms with Gasteiger partial charge < -0.3 is 10.4 Å². The maximum atomic E-state index is 13.2. The van der Waals surface area contributed by atoms with Crippen molar-refractivity contribution in [1.29, 1.82) is 0 Å². The summed E-state index contributed by atoms with van der Waals surface area (Å²) in [6.07, 6.45) is 1.10. The normalized spacial score (nSPS) is 11.9. The number of aliphatic hydroxyl groups is 1. The minimum absolute atomic E-state index is 0.164. The quantitative estimate of drug-likeness (QED) is 0.871. The summed E-state index contributed by atoms with van der Waals surface area (Å²) in [5.74, 6) is -0.708. The lowest BCUT2D eigenvalue weighted by molar-refractivity contribution is 0.0314. The minimum Gasteiger partial charge on any atom is -0.388 e. The number of hydrogen-bond acceptors (Lipinski definition) is 3. The molecule has 3 nitrogen and oxygen atoms in total. The summed E-state index contributed by atoms with van der Waals surface area (Å²) in [7, 11) is 0. The fourth-order valence-electron chi connectivity index (χ4n) is 2.01. The molecule has 0 radical (unpaired) electrons. The number of rotatable bonds is 5. The molecule has 2 aromatic rings. The largest absolute Gasteiger partial charge is 0.388 e. The van der Waals surface area contributed by atoms with Gasteiger partial charge in [0.25, 0.3) is 5.91 Å². The van der Waals surface area contributed by atoms with Crippen molar-refractivity contribution in [3.05, 3.63) is 33.9 Å². The first-order valence-corrected chi connectivity index (χ1v) is 7.97. The van der Waals surface area contributed by atoms with Crippen LogP contribution in [0, 0.1) is 5.82 Å². The third-order valence-electron chi connectivity index (χ3n) is 3.69. The molecule has 0 unspecified atom stereocenters. The summed E-state index contributed by atoms with van der Waals surface area (Å²) in [5.41, 5.74) is -0.912. The Morgan fingerprint density at radius 3 is 2.71 bits per heavy atom. The van der Waals surface area contributed by atoms with Crippen LogP contribution < -0.4 is 5.32 Å². The van der Waals surface area contributed by atoms with Crippen LogP contribution in [0.4, 0.5) is 4.39 Å². The highest BCUT2D eigenvalue weighted by molar-refractivity contribution is 7.21. The molecule has 0 bridgehead atoms. The van der Waals surface area contributed by atoms with Crippen LogP contribution in [0.5, 0.6) is 0 Å². The van der Waals surface area contributed by atoms with Crippen LogP contribution in [-0.4, -0.2) is 23.2 Å². The van der Waals surface area contributed by atoms with Crippen molar-refractivity contribution < 1.29 is 14.3 Å². The SMILES string of the molecule is CCC(O)(CC)CNC(=O)c1sc2cc(F)ccc2c1Cl. The Kier molecular flexibility index (Phi) is 4.86. The van der Waals surface area contributed by atoms with E-state index in [0.29, 0.717) is 32.8 Å². The first-order valence-electron chi connectivity index (χ1n) is 6.78. The van der Waals surface area contributed by atoms with Gasteiger partial charge in [-0.25, -0.2) is 4.39 Å². The number of carbonyl (C=O) groups excluding carboxylic acids is 1. The first kappa shape index (κ1) is 16.2. The third-order valence-corrected chi connectivity index (χ3v) is 5.35. The maximum Gasteiger partial charge on any atom is 0.263 e. The number of thiophene rings is 1. The molecule has 1 aromatic carbocycles. The van der Waals surface area contributed by atoms with E-state index in [2.05, 4.69) is 5.32 Å². The van der Waals surface area contributed by atoms with Gasteiger partial charge in [-0.3, -0.25) is 4.79 Å². The molecule has 0 saturated heterocycles. The predicted octanol–water partition coefficient (Wildman–Crippen LogP) is 3.97. The van der Waals surface area contributed by atoms with Gasteiger partial charge in [0.05, 0.1) is 10.6 Å². The zero-order valence-corrected chi connectivity index (χ0v) is 13.4. The van der Waals surface area contributed by atoms with Crippen molar-refractivity contribution >= 4 is 38.9 Å². The number of benzene rings is 1. The first-order chi connectivity index (χ1) is 9.90.